The summed E-state index contributed by atoms with van der Waals surface area (Å²) in [7, 11) is 0. The van der Waals surface area contributed by atoms with E-state index < -0.39 is 0 Å². The first kappa shape index (κ1) is 14.3. The zero-order valence-corrected chi connectivity index (χ0v) is 11.8. The molecule has 0 bridgehead atoms. The Balaban J connectivity index is 1.57. The zero-order valence-electron chi connectivity index (χ0n) is 11.8. The van der Waals surface area contributed by atoms with E-state index in [1.54, 1.807) is 0 Å². The van der Waals surface area contributed by atoms with Crippen molar-refractivity contribution < 1.29 is 4.74 Å². The molecular weight excluding hydrogens is 226 g/mol. The minimum absolute atomic E-state index is 0.447. The molecule has 2 aliphatic heterocycles. The molecule has 2 aliphatic rings. The largest absolute Gasteiger partial charge is 0.378 e. The van der Waals surface area contributed by atoms with Crippen molar-refractivity contribution in [2.24, 2.45) is 5.73 Å². The average molecular weight is 255 g/mol. The number of piperidine rings is 2. The van der Waals surface area contributed by atoms with Gasteiger partial charge in [-0.3, -0.25) is 0 Å². The van der Waals surface area contributed by atoms with Crippen LogP contribution in [-0.2, 0) is 4.74 Å². The van der Waals surface area contributed by atoms with E-state index in [4.69, 9.17) is 10.5 Å². The van der Waals surface area contributed by atoms with Crippen LogP contribution in [0, 0.1) is 0 Å². The number of rotatable bonds is 5. The molecule has 0 aliphatic carbocycles. The van der Waals surface area contributed by atoms with Crippen LogP contribution in [0.15, 0.2) is 0 Å². The van der Waals surface area contributed by atoms with Gasteiger partial charge in [-0.15, -0.1) is 0 Å². The molecule has 0 aromatic rings. The lowest BCUT2D eigenvalue weighted by Crippen LogP contribution is -2.45. The maximum absolute atomic E-state index is 5.93. The van der Waals surface area contributed by atoms with E-state index in [1.165, 1.54) is 65.0 Å². The highest BCUT2D eigenvalue weighted by Crippen LogP contribution is 2.14. The molecule has 0 radical (unpaired) electrons. The SMILES string of the molecule is CCOC1CCN(CCN2CCC(N)CC2)CC1. The van der Waals surface area contributed by atoms with Crippen molar-refractivity contribution >= 4 is 0 Å². The molecule has 2 rings (SSSR count). The van der Waals surface area contributed by atoms with Gasteiger partial charge in [0.1, 0.15) is 0 Å². The van der Waals surface area contributed by atoms with Crippen molar-refractivity contribution in [3.8, 4) is 0 Å². The summed E-state index contributed by atoms with van der Waals surface area (Å²) in [5.74, 6) is 0. The normalized spacial score (nSPS) is 25.7. The fourth-order valence-electron chi connectivity index (χ4n) is 2.99. The van der Waals surface area contributed by atoms with Gasteiger partial charge in [0.25, 0.3) is 0 Å². The zero-order chi connectivity index (χ0) is 12.8. The highest BCUT2D eigenvalue weighted by molar-refractivity contribution is 4.77. The summed E-state index contributed by atoms with van der Waals surface area (Å²) in [6.45, 7) is 10.2. The van der Waals surface area contributed by atoms with Gasteiger partial charge in [0.15, 0.2) is 0 Å². The minimum Gasteiger partial charge on any atom is -0.378 e. The fraction of sp³-hybridized carbons (Fsp3) is 1.00. The molecule has 18 heavy (non-hydrogen) atoms. The third-order valence-corrected chi connectivity index (χ3v) is 4.30. The second-order valence-electron chi connectivity index (χ2n) is 5.68. The summed E-state index contributed by atoms with van der Waals surface area (Å²) < 4.78 is 5.69. The Hall–Kier alpha value is -0.160. The maximum Gasteiger partial charge on any atom is 0.0599 e. The molecule has 0 atom stereocenters. The van der Waals surface area contributed by atoms with Crippen LogP contribution in [0.5, 0.6) is 0 Å². The number of likely N-dealkylation sites (tertiary alicyclic amines) is 2. The van der Waals surface area contributed by atoms with E-state index in [0.717, 1.165) is 6.61 Å². The van der Waals surface area contributed by atoms with Crippen LogP contribution in [0.2, 0.25) is 0 Å². The predicted molar refractivity (Wildman–Crippen MR) is 74.7 cm³/mol. The molecule has 0 aromatic carbocycles. The minimum atomic E-state index is 0.447. The Morgan fingerprint density at radius 1 is 0.944 bits per heavy atom. The third kappa shape index (κ3) is 4.50. The molecule has 4 heteroatoms. The Kier molecular flexibility index (Phi) is 5.89. The number of nitrogens with zero attached hydrogens (tertiary/aromatic N) is 2. The summed E-state index contributed by atoms with van der Waals surface area (Å²) in [6, 6.07) is 0.447. The van der Waals surface area contributed by atoms with Gasteiger partial charge in [0.05, 0.1) is 6.10 Å². The first-order valence-electron chi connectivity index (χ1n) is 7.60. The molecule has 2 heterocycles. The van der Waals surface area contributed by atoms with Crippen molar-refractivity contribution in [3.63, 3.8) is 0 Å². The van der Waals surface area contributed by atoms with Crippen LogP contribution < -0.4 is 5.73 Å². The van der Waals surface area contributed by atoms with E-state index in [-0.39, 0.29) is 0 Å². The van der Waals surface area contributed by atoms with E-state index >= 15 is 0 Å². The highest BCUT2D eigenvalue weighted by Gasteiger charge is 2.20. The first-order valence-corrected chi connectivity index (χ1v) is 7.60. The van der Waals surface area contributed by atoms with Gasteiger partial charge in [-0.05, 0) is 45.7 Å². The van der Waals surface area contributed by atoms with Gasteiger partial charge >= 0.3 is 0 Å². The Labute approximate surface area is 111 Å². The Morgan fingerprint density at radius 2 is 1.44 bits per heavy atom. The number of nitrogens with two attached hydrogens (primary N) is 1. The second-order valence-corrected chi connectivity index (χ2v) is 5.68. The van der Waals surface area contributed by atoms with Crippen LogP contribution in [0.3, 0.4) is 0 Å². The predicted octanol–water partition coefficient (Wildman–Crippen LogP) is 0.910. The lowest BCUT2D eigenvalue weighted by Gasteiger charge is -2.35. The molecule has 2 N–H and O–H groups in total. The van der Waals surface area contributed by atoms with Gasteiger partial charge < -0.3 is 20.3 Å². The molecule has 4 nitrogen and oxygen atoms in total. The van der Waals surface area contributed by atoms with E-state index in [1.807, 2.05) is 0 Å². The van der Waals surface area contributed by atoms with Gasteiger partial charge in [0.2, 0.25) is 0 Å². The second kappa shape index (κ2) is 7.43. The molecule has 0 aromatic heterocycles. The summed E-state index contributed by atoms with van der Waals surface area (Å²) >= 11 is 0. The molecular formula is C14H29N3O. The first-order chi connectivity index (χ1) is 8.78. The lowest BCUT2D eigenvalue weighted by atomic mass is 10.1. The van der Waals surface area contributed by atoms with E-state index in [0.29, 0.717) is 12.1 Å². The van der Waals surface area contributed by atoms with E-state index in [2.05, 4.69) is 16.7 Å². The quantitative estimate of drug-likeness (QED) is 0.793. The van der Waals surface area contributed by atoms with Crippen LogP contribution in [0.4, 0.5) is 0 Å². The van der Waals surface area contributed by atoms with Crippen molar-refractivity contribution in [2.45, 2.75) is 44.8 Å². The van der Waals surface area contributed by atoms with Crippen LogP contribution in [0.25, 0.3) is 0 Å². The topological polar surface area (TPSA) is 41.7 Å². The van der Waals surface area contributed by atoms with Gasteiger partial charge in [-0.25, -0.2) is 0 Å². The van der Waals surface area contributed by atoms with Crippen molar-refractivity contribution in [1.29, 1.82) is 0 Å². The molecule has 2 fully saturated rings. The van der Waals surface area contributed by atoms with Gasteiger partial charge in [-0.2, -0.15) is 0 Å². The standard InChI is InChI=1S/C14H29N3O/c1-2-18-14-5-9-17(10-6-14)12-11-16-7-3-13(15)4-8-16/h13-14H,2-12,15H2,1H3. The Morgan fingerprint density at radius 3 is 1.94 bits per heavy atom. The summed E-state index contributed by atoms with van der Waals surface area (Å²) in [4.78, 5) is 5.15. The van der Waals surface area contributed by atoms with Crippen molar-refractivity contribution in [2.75, 3.05) is 45.9 Å². The molecule has 106 valence electrons. The van der Waals surface area contributed by atoms with Crippen molar-refractivity contribution in [1.82, 2.24) is 9.80 Å². The van der Waals surface area contributed by atoms with Gasteiger partial charge in [0, 0.05) is 38.8 Å². The Bertz CT molecular complexity index is 221. The maximum atomic E-state index is 5.93. The molecule has 0 unspecified atom stereocenters. The van der Waals surface area contributed by atoms with Crippen molar-refractivity contribution in [3.05, 3.63) is 0 Å². The van der Waals surface area contributed by atoms with Gasteiger partial charge in [-0.1, -0.05) is 0 Å². The van der Waals surface area contributed by atoms with Crippen LogP contribution >= 0.6 is 0 Å². The molecule has 0 amide bonds. The monoisotopic (exact) mass is 255 g/mol. The molecule has 2 saturated heterocycles. The van der Waals surface area contributed by atoms with Crippen LogP contribution in [0.1, 0.15) is 32.6 Å². The van der Waals surface area contributed by atoms with Crippen LogP contribution in [-0.4, -0.2) is 67.8 Å². The highest BCUT2D eigenvalue weighted by atomic mass is 16.5. The lowest BCUT2D eigenvalue weighted by molar-refractivity contribution is 0.0120. The summed E-state index contributed by atoms with van der Waals surface area (Å²) in [6.07, 6.45) is 5.27. The average Bonchev–Trinajstić information content (AvgIpc) is 2.40. The third-order valence-electron chi connectivity index (χ3n) is 4.30. The fourth-order valence-corrected chi connectivity index (χ4v) is 2.99. The number of hydrogen-bond donors (Lipinski definition) is 1. The molecule has 0 spiro atoms. The summed E-state index contributed by atoms with van der Waals surface area (Å²) in [5, 5.41) is 0. The smallest absolute Gasteiger partial charge is 0.0599 e. The number of hydrogen-bond acceptors (Lipinski definition) is 4. The molecule has 0 saturated carbocycles. The van der Waals surface area contributed by atoms with E-state index in [9.17, 15) is 0 Å². The number of ether oxygens (including phenoxy) is 1. The summed E-state index contributed by atoms with van der Waals surface area (Å²) in [5.41, 5.74) is 5.93.